The lowest BCUT2D eigenvalue weighted by Crippen LogP contribution is -2.42. The number of fused-ring (bicyclic) bond motifs is 1. The number of rotatable bonds is 17. The molecule has 0 radical (unpaired) electrons. The molecule has 334 valence electrons. The second kappa shape index (κ2) is 18.4. The van der Waals surface area contributed by atoms with Gasteiger partial charge in [0, 0.05) is 116 Å². The number of methoxy groups -OCH3 is 3. The number of hydrogen-bond acceptors (Lipinski definition) is 15. The standard InChI is InChI=1S/C46H54N6O11/c1-24-20-26-34-39-36(45(58)43(26)50-23-32(57)48-9-11-52-14-18-63-19-15-52)28(55)22-30(60-4)37(39)38-29(59-3)21-27(54)35-41(38)40(34)42(33(24)25(2)53)46(61-5)44(35)49-7-6-31(56)47-8-10-51-12-16-62-17-13-51/h20-22,33,49-50,58H,6-19,23H2,1-5H3,(H,47,56)(H,48,57). The fraction of sp³-hybridized carbons (Fsp3) is 0.457. The summed E-state index contributed by atoms with van der Waals surface area (Å²) >= 11 is 0. The highest BCUT2D eigenvalue weighted by Crippen LogP contribution is 2.58. The third kappa shape index (κ3) is 7.98. The normalized spacial score (nSPS) is 17.0. The van der Waals surface area contributed by atoms with Gasteiger partial charge in [0.05, 0.1) is 82.4 Å². The molecule has 1 aliphatic carbocycles. The van der Waals surface area contributed by atoms with Gasteiger partial charge in [-0.3, -0.25) is 33.8 Å². The van der Waals surface area contributed by atoms with Gasteiger partial charge >= 0.3 is 0 Å². The summed E-state index contributed by atoms with van der Waals surface area (Å²) in [5, 5.41) is 27.2. The number of morpholine rings is 2. The molecule has 17 nitrogen and oxygen atoms in total. The predicted octanol–water partition coefficient (Wildman–Crippen LogP) is 2.83. The van der Waals surface area contributed by atoms with Gasteiger partial charge in [0.1, 0.15) is 23.0 Å². The van der Waals surface area contributed by atoms with E-state index in [9.17, 15) is 29.1 Å². The first-order valence-electron chi connectivity index (χ1n) is 21.4. The van der Waals surface area contributed by atoms with Crippen LogP contribution in [0, 0.1) is 0 Å². The molecule has 5 N–H and O–H groups in total. The van der Waals surface area contributed by atoms with Crippen molar-refractivity contribution in [1.82, 2.24) is 20.4 Å². The van der Waals surface area contributed by atoms with Gasteiger partial charge in [-0.05, 0) is 19.2 Å². The Balaban J connectivity index is 1.31. The van der Waals surface area contributed by atoms with Gasteiger partial charge < -0.3 is 50.1 Å². The van der Waals surface area contributed by atoms with Crippen molar-refractivity contribution in [3.05, 3.63) is 49.3 Å². The van der Waals surface area contributed by atoms with E-state index in [1.165, 1.54) is 40.4 Å². The molecule has 2 saturated heterocycles. The highest BCUT2D eigenvalue weighted by molar-refractivity contribution is 6.40. The molecule has 0 bridgehead atoms. The lowest BCUT2D eigenvalue weighted by atomic mass is 9.80. The Bertz CT molecular complexity index is 2750. The van der Waals surface area contributed by atoms with Crippen molar-refractivity contribution < 1.29 is 43.2 Å². The molecule has 5 aromatic rings. The molecule has 0 saturated carbocycles. The number of carbonyl (C=O) groups is 3. The number of Topliss-reactive ketones (excluding diaryl/α,β-unsaturated/α-hetero) is 1. The Morgan fingerprint density at radius 2 is 1.25 bits per heavy atom. The summed E-state index contributed by atoms with van der Waals surface area (Å²) in [6.07, 6.45) is 1.84. The van der Waals surface area contributed by atoms with E-state index in [-0.39, 0.29) is 76.5 Å². The van der Waals surface area contributed by atoms with Crippen molar-refractivity contribution in [2.45, 2.75) is 26.2 Å². The van der Waals surface area contributed by atoms with Crippen molar-refractivity contribution in [1.29, 1.82) is 0 Å². The fourth-order valence-corrected chi connectivity index (χ4v) is 9.62. The summed E-state index contributed by atoms with van der Waals surface area (Å²) in [5.41, 5.74) is 0.811. The average Bonchev–Trinajstić information content (AvgIpc) is 3.40. The van der Waals surface area contributed by atoms with Crippen molar-refractivity contribution in [3.8, 4) is 23.0 Å². The average molecular weight is 867 g/mol. The lowest BCUT2D eigenvalue weighted by Gasteiger charge is -2.27. The van der Waals surface area contributed by atoms with E-state index in [1.54, 1.807) is 13.0 Å². The molecule has 1 atom stereocenters. The molecule has 63 heavy (non-hydrogen) atoms. The van der Waals surface area contributed by atoms with Crippen molar-refractivity contribution in [3.63, 3.8) is 0 Å². The number of ketones is 1. The number of phenolic OH excluding ortho intramolecular Hbond substituents is 1. The van der Waals surface area contributed by atoms with Crippen LogP contribution in [-0.4, -0.2) is 146 Å². The molecule has 2 aliphatic heterocycles. The quantitative estimate of drug-likeness (QED) is 0.0518. The Hall–Kier alpha value is -6.01. The Kier molecular flexibility index (Phi) is 12.7. The number of ether oxygens (including phenoxy) is 5. The molecule has 17 heteroatoms. The Labute approximate surface area is 363 Å². The summed E-state index contributed by atoms with van der Waals surface area (Å²) in [5.74, 6) is -1.52. The number of benzene rings is 5. The number of amides is 2. The summed E-state index contributed by atoms with van der Waals surface area (Å²) in [4.78, 5) is 73.7. The topological polar surface area (TPSA) is 206 Å². The zero-order valence-corrected chi connectivity index (χ0v) is 36.3. The summed E-state index contributed by atoms with van der Waals surface area (Å²) < 4.78 is 28.9. The minimum atomic E-state index is -0.933. The Morgan fingerprint density at radius 3 is 1.81 bits per heavy atom. The van der Waals surface area contributed by atoms with E-state index in [4.69, 9.17) is 23.7 Å². The number of allylic oxidation sites excluding steroid dienone is 1. The highest BCUT2D eigenvalue weighted by Gasteiger charge is 2.37. The van der Waals surface area contributed by atoms with E-state index in [2.05, 4.69) is 31.1 Å². The van der Waals surface area contributed by atoms with Crippen LogP contribution in [0.15, 0.2) is 27.3 Å². The number of phenols is 1. The smallest absolute Gasteiger partial charge is 0.239 e. The van der Waals surface area contributed by atoms with Crippen molar-refractivity contribution in [2.24, 2.45) is 0 Å². The Morgan fingerprint density at radius 1 is 0.698 bits per heavy atom. The molecule has 0 aromatic heterocycles. The van der Waals surface area contributed by atoms with Crippen LogP contribution in [0.2, 0.25) is 0 Å². The molecular formula is C46H54N6O11. The van der Waals surface area contributed by atoms with Gasteiger partial charge in [-0.2, -0.15) is 0 Å². The maximum atomic E-state index is 14.6. The van der Waals surface area contributed by atoms with Gasteiger partial charge in [0.2, 0.25) is 11.8 Å². The fourth-order valence-electron chi connectivity index (χ4n) is 9.62. The van der Waals surface area contributed by atoms with E-state index < -0.39 is 22.5 Å². The molecule has 5 aromatic carbocycles. The highest BCUT2D eigenvalue weighted by atomic mass is 16.5. The predicted molar refractivity (Wildman–Crippen MR) is 242 cm³/mol. The third-order valence-electron chi connectivity index (χ3n) is 12.5. The van der Waals surface area contributed by atoms with E-state index >= 15 is 0 Å². The van der Waals surface area contributed by atoms with Gasteiger partial charge in [0.25, 0.3) is 0 Å². The molecule has 8 rings (SSSR count). The largest absolute Gasteiger partial charge is 0.505 e. The van der Waals surface area contributed by atoms with Crippen LogP contribution in [-0.2, 0) is 23.9 Å². The molecular weight excluding hydrogens is 813 g/mol. The number of hydrogen-bond donors (Lipinski definition) is 5. The van der Waals surface area contributed by atoms with Crippen LogP contribution in [0.4, 0.5) is 11.4 Å². The van der Waals surface area contributed by atoms with Crippen molar-refractivity contribution >= 4 is 78.1 Å². The molecule has 1 unspecified atom stereocenters. The van der Waals surface area contributed by atoms with E-state index in [0.717, 1.165) is 26.2 Å². The second-order valence-electron chi connectivity index (χ2n) is 16.2. The summed E-state index contributed by atoms with van der Waals surface area (Å²) in [6, 6.07) is 2.64. The zero-order valence-electron chi connectivity index (χ0n) is 36.3. The van der Waals surface area contributed by atoms with Crippen LogP contribution < -0.4 is 46.3 Å². The lowest BCUT2D eigenvalue weighted by molar-refractivity contribution is -0.121. The third-order valence-corrected chi connectivity index (χ3v) is 12.5. The number of aromatic hydroxyl groups is 1. The molecule has 2 amide bonds. The number of nitrogens with one attached hydrogen (secondary N) is 4. The molecule has 2 heterocycles. The second-order valence-corrected chi connectivity index (χ2v) is 16.2. The van der Waals surface area contributed by atoms with Crippen LogP contribution in [0.5, 0.6) is 23.0 Å². The monoisotopic (exact) mass is 866 g/mol. The van der Waals surface area contributed by atoms with Crippen LogP contribution in [0.1, 0.15) is 37.3 Å². The molecule has 0 spiro atoms. The number of anilines is 2. The van der Waals surface area contributed by atoms with E-state index in [0.29, 0.717) is 102 Å². The number of carbonyl (C=O) groups excluding carboxylic acids is 3. The van der Waals surface area contributed by atoms with Gasteiger partial charge in [-0.25, -0.2) is 0 Å². The first kappa shape index (κ1) is 43.6. The van der Waals surface area contributed by atoms with Crippen LogP contribution >= 0.6 is 0 Å². The first-order chi connectivity index (χ1) is 30.5. The first-order valence-corrected chi connectivity index (χ1v) is 21.4. The van der Waals surface area contributed by atoms with Gasteiger partial charge in [-0.15, -0.1) is 0 Å². The number of nitrogens with zero attached hydrogens (tertiary/aromatic N) is 2. The summed E-state index contributed by atoms with van der Waals surface area (Å²) in [6.45, 7) is 11.1. The maximum Gasteiger partial charge on any atom is 0.239 e. The molecule has 2 fully saturated rings. The summed E-state index contributed by atoms with van der Waals surface area (Å²) in [7, 11) is 4.32. The minimum Gasteiger partial charge on any atom is -0.505 e. The molecule has 3 aliphatic rings. The maximum absolute atomic E-state index is 14.6. The SMILES string of the molecule is COc1c(NCCC(=O)NCCN2CCOCC2)c2c(=O)cc(OC)c3c4c(OC)cc(=O)c5c(O)c(NCC(=O)NCCN6CCOCC6)c6c(c(c1C(C(C)=O)C(C)=C6)c23)c54. The zero-order chi connectivity index (χ0) is 44.5. The van der Waals surface area contributed by atoms with Gasteiger partial charge in [0.15, 0.2) is 16.6 Å². The van der Waals surface area contributed by atoms with Crippen LogP contribution in [0.25, 0.3) is 49.2 Å². The van der Waals surface area contributed by atoms with Crippen LogP contribution in [0.3, 0.4) is 0 Å². The van der Waals surface area contributed by atoms with Crippen molar-refractivity contribution in [2.75, 3.05) is 124 Å². The minimum absolute atomic E-state index is 0.0501. The van der Waals surface area contributed by atoms with Gasteiger partial charge in [-0.1, -0.05) is 11.6 Å². The van der Waals surface area contributed by atoms with E-state index in [1.807, 2.05) is 0 Å².